The van der Waals surface area contributed by atoms with Crippen molar-refractivity contribution in [1.82, 2.24) is 0 Å². The SMILES string of the molecule is [B]C1OC2CO[Si](C(C)C)(C(C)C)O[Si](C(C)C)(C(C)C)OC2C1OCOC(=O)c1ccco1. The van der Waals surface area contributed by atoms with Gasteiger partial charge in [-0.05, 0) is 34.3 Å². The molecule has 0 spiro atoms. The summed E-state index contributed by atoms with van der Waals surface area (Å²) in [6.45, 7) is 17.3. The van der Waals surface area contributed by atoms with Crippen LogP contribution in [0.4, 0.5) is 0 Å². The first-order valence-electron chi connectivity index (χ1n) is 12.2. The van der Waals surface area contributed by atoms with Crippen LogP contribution in [-0.4, -0.2) is 68.7 Å². The van der Waals surface area contributed by atoms with E-state index in [1.165, 1.54) is 12.3 Å². The minimum absolute atomic E-state index is 0.104. The van der Waals surface area contributed by atoms with E-state index in [0.717, 1.165) is 0 Å². The third kappa shape index (κ3) is 5.25. The Morgan fingerprint density at radius 1 is 1.06 bits per heavy atom. The molecule has 4 atom stereocenters. The Kier molecular flexibility index (Phi) is 8.92. The van der Waals surface area contributed by atoms with Crippen LogP contribution in [0.1, 0.15) is 65.9 Å². The Bertz CT molecular complexity index is 785. The Balaban J connectivity index is 1.85. The third-order valence-corrected chi connectivity index (χ3v) is 17.1. The van der Waals surface area contributed by atoms with Crippen LogP contribution in [0.25, 0.3) is 0 Å². The van der Waals surface area contributed by atoms with Crippen LogP contribution in [0.5, 0.6) is 0 Å². The van der Waals surface area contributed by atoms with E-state index < -0.39 is 47.4 Å². The predicted molar refractivity (Wildman–Crippen MR) is 132 cm³/mol. The zero-order chi connectivity index (χ0) is 25.3. The molecule has 0 bridgehead atoms. The highest BCUT2D eigenvalue weighted by molar-refractivity contribution is 6.84. The molecular weight excluding hydrogens is 471 g/mol. The number of esters is 1. The number of hydrogen-bond acceptors (Lipinski definition) is 8. The molecule has 11 heteroatoms. The molecule has 4 unspecified atom stereocenters. The van der Waals surface area contributed by atoms with Crippen LogP contribution in [0.3, 0.4) is 0 Å². The summed E-state index contributed by atoms with van der Waals surface area (Å²) in [5.41, 5.74) is 0.794. The molecule has 8 nitrogen and oxygen atoms in total. The van der Waals surface area contributed by atoms with Crippen molar-refractivity contribution in [2.45, 2.75) is 102 Å². The molecule has 2 aliphatic heterocycles. The van der Waals surface area contributed by atoms with Gasteiger partial charge < -0.3 is 31.6 Å². The van der Waals surface area contributed by atoms with E-state index in [0.29, 0.717) is 6.61 Å². The number of fused-ring (bicyclic) bond motifs is 1. The molecule has 0 amide bonds. The number of ether oxygens (including phenoxy) is 3. The van der Waals surface area contributed by atoms with Crippen molar-refractivity contribution in [3.63, 3.8) is 0 Å². The van der Waals surface area contributed by atoms with Crippen molar-refractivity contribution < 1.29 is 36.4 Å². The molecule has 3 rings (SSSR count). The summed E-state index contributed by atoms with van der Waals surface area (Å²) < 4.78 is 43.1. The standard InChI is InChI=1S/C23H39BO8Si2/c1-14(2)33(15(3)4)29-12-19-20(31-34(32-33,16(5)6)17(7)8)21(22(24)30-19)27-13-28-23(25)18-10-9-11-26-18/h9-11,14-17,19-22H,12-13H2,1-8H3. The lowest BCUT2D eigenvalue weighted by atomic mass is 9.93. The molecule has 2 radical (unpaired) electrons. The molecule has 190 valence electrons. The van der Waals surface area contributed by atoms with Crippen LogP contribution in [0, 0.1) is 0 Å². The van der Waals surface area contributed by atoms with E-state index in [9.17, 15) is 4.79 Å². The van der Waals surface area contributed by atoms with E-state index in [2.05, 4.69) is 55.4 Å². The Morgan fingerprint density at radius 2 is 1.68 bits per heavy atom. The summed E-state index contributed by atoms with van der Waals surface area (Å²) in [6, 6.07) is 2.39. The molecule has 34 heavy (non-hydrogen) atoms. The summed E-state index contributed by atoms with van der Waals surface area (Å²) in [4.78, 5) is 12.1. The number of rotatable bonds is 8. The molecule has 0 N–H and O–H groups in total. The molecule has 0 saturated carbocycles. The normalized spacial score (nSPS) is 28.8. The van der Waals surface area contributed by atoms with Gasteiger partial charge in [0.05, 0.1) is 12.9 Å². The lowest BCUT2D eigenvalue weighted by molar-refractivity contribution is -0.0996. The fraction of sp³-hybridized carbons (Fsp3) is 0.783. The fourth-order valence-electron chi connectivity index (χ4n) is 4.99. The van der Waals surface area contributed by atoms with Crippen molar-refractivity contribution >= 4 is 30.9 Å². The maximum atomic E-state index is 12.1. The van der Waals surface area contributed by atoms with Crippen molar-refractivity contribution in [3.05, 3.63) is 24.2 Å². The van der Waals surface area contributed by atoms with Gasteiger partial charge in [-0.1, -0.05) is 55.4 Å². The maximum absolute atomic E-state index is 12.1. The van der Waals surface area contributed by atoms with Gasteiger partial charge in [0, 0.05) is 6.00 Å². The van der Waals surface area contributed by atoms with E-state index in [4.69, 9.17) is 39.4 Å². The Morgan fingerprint density at radius 3 is 2.21 bits per heavy atom. The second-order valence-electron chi connectivity index (χ2n) is 10.4. The number of furan rings is 1. The van der Waals surface area contributed by atoms with Gasteiger partial charge in [0.1, 0.15) is 26.2 Å². The van der Waals surface area contributed by atoms with Crippen LogP contribution in [0.15, 0.2) is 22.8 Å². The quantitative estimate of drug-likeness (QED) is 0.284. The lowest BCUT2D eigenvalue weighted by Gasteiger charge is -2.51. The van der Waals surface area contributed by atoms with E-state index in [1.807, 2.05) is 0 Å². The summed E-state index contributed by atoms with van der Waals surface area (Å²) in [7, 11) is 0.819. The Hall–Kier alpha value is -0.951. The molecule has 1 aromatic heterocycles. The van der Waals surface area contributed by atoms with Crippen LogP contribution in [-0.2, 0) is 27.2 Å². The van der Waals surface area contributed by atoms with Crippen LogP contribution < -0.4 is 0 Å². The molecular formula is C23H39BO8Si2. The smallest absolute Gasteiger partial charge is 0.376 e. The average molecular weight is 511 g/mol. The van der Waals surface area contributed by atoms with Gasteiger partial charge in [-0.15, -0.1) is 0 Å². The summed E-state index contributed by atoms with van der Waals surface area (Å²) in [5, 5.41) is 0. The highest BCUT2D eigenvalue weighted by Crippen LogP contribution is 2.47. The monoisotopic (exact) mass is 510 g/mol. The van der Waals surface area contributed by atoms with Gasteiger partial charge in [-0.2, -0.15) is 0 Å². The minimum atomic E-state index is -2.84. The zero-order valence-electron chi connectivity index (χ0n) is 21.6. The Labute approximate surface area is 206 Å². The predicted octanol–water partition coefficient (Wildman–Crippen LogP) is 4.63. The molecule has 0 aromatic carbocycles. The highest BCUT2D eigenvalue weighted by atomic mass is 28.5. The first-order valence-corrected chi connectivity index (χ1v) is 16.1. The van der Waals surface area contributed by atoms with E-state index >= 15 is 0 Å². The van der Waals surface area contributed by atoms with Gasteiger partial charge in [0.2, 0.25) is 5.76 Å². The topological polar surface area (TPSA) is 85.6 Å². The molecule has 2 saturated heterocycles. The third-order valence-electron chi connectivity index (χ3n) is 6.85. The highest BCUT2D eigenvalue weighted by Gasteiger charge is 2.61. The van der Waals surface area contributed by atoms with Gasteiger partial charge in [0.25, 0.3) is 0 Å². The lowest BCUT2D eigenvalue weighted by Crippen LogP contribution is -2.66. The van der Waals surface area contributed by atoms with Crippen molar-refractivity contribution in [3.8, 4) is 0 Å². The largest absolute Gasteiger partial charge is 0.457 e. The van der Waals surface area contributed by atoms with Crippen molar-refractivity contribution in [2.24, 2.45) is 0 Å². The fourth-order valence-corrected chi connectivity index (χ4v) is 16.2. The first kappa shape index (κ1) is 27.6. The van der Waals surface area contributed by atoms with Gasteiger partial charge in [-0.3, -0.25) is 0 Å². The molecule has 3 heterocycles. The minimum Gasteiger partial charge on any atom is -0.457 e. The van der Waals surface area contributed by atoms with Crippen molar-refractivity contribution in [1.29, 1.82) is 0 Å². The van der Waals surface area contributed by atoms with Crippen LogP contribution in [0.2, 0.25) is 22.2 Å². The second-order valence-corrected chi connectivity index (χ2v) is 19.2. The molecule has 2 aliphatic rings. The van der Waals surface area contributed by atoms with Gasteiger partial charge in [0.15, 0.2) is 6.79 Å². The van der Waals surface area contributed by atoms with Crippen LogP contribution >= 0.6 is 0 Å². The van der Waals surface area contributed by atoms with Gasteiger partial charge >= 0.3 is 23.1 Å². The summed E-state index contributed by atoms with van der Waals surface area (Å²) in [5.74, 6) is -0.510. The molecule has 2 fully saturated rings. The molecule has 1 aromatic rings. The van der Waals surface area contributed by atoms with E-state index in [-0.39, 0.29) is 34.7 Å². The van der Waals surface area contributed by atoms with Gasteiger partial charge in [-0.25, -0.2) is 4.79 Å². The average Bonchev–Trinajstić information content (AvgIpc) is 3.37. The number of carbonyl (C=O) groups is 1. The first-order chi connectivity index (χ1) is 15.9. The summed E-state index contributed by atoms with van der Waals surface area (Å²) >= 11 is 0. The maximum Gasteiger partial charge on any atom is 0.376 e. The molecule has 0 aliphatic carbocycles. The van der Waals surface area contributed by atoms with Crippen molar-refractivity contribution in [2.75, 3.05) is 13.4 Å². The zero-order valence-corrected chi connectivity index (χ0v) is 23.6. The second kappa shape index (κ2) is 11.0. The van der Waals surface area contributed by atoms with E-state index in [1.54, 1.807) is 6.07 Å². The summed E-state index contributed by atoms with van der Waals surface area (Å²) in [6.07, 6.45) is -0.137. The number of carbonyl (C=O) groups excluding carboxylic acids is 1. The number of hydrogen-bond donors (Lipinski definition) is 0.